The largest absolute Gasteiger partial charge is 0.322 e. The highest BCUT2D eigenvalue weighted by Crippen LogP contribution is 2.17. The fourth-order valence-corrected chi connectivity index (χ4v) is 2.39. The predicted octanol–water partition coefficient (Wildman–Crippen LogP) is 3.70. The van der Waals surface area contributed by atoms with Crippen molar-refractivity contribution in [2.24, 2.45) is 0 Å². The molecule has 0 bridgehead atoms. The molecule has 2 aromatic carbocycles. The van der Waals surface area contributed by atoms with E-state index in [4.69, 9.17) is 0 Å². The third kappa shape index (κ3) is 3.15. The molecule has 0 aliphatic heterocycles. The third-order valence-corrected chi connectivity index (χ3v) is 3.86. The molecule has 0 spiro atoms. The summed E-state index contributed by atoms with van der Waals surface area (Å²) in [6.07, 6.45) is 0. The van der Waals surface area contributed by atoms with Gasteiger partial charge in [0.15, 0.2) is 5.78 Å². The second-order valence-electron chi connectivity index (χ2n) is 5.69. The SMILES string of the molecule is CC(=O)c1cccc(NC(=O)c2ccc3nc(C)c(C)nc3c2)c1. The molecule has 0 saturated carbocycles. The number of Topliss-reactive ketones (excluding diaryl/α,β-unsaturated/α-hetero) is 1. The van der Waals surface area contributed by atoms with Gasteiger partial charge in [-0.2, -0.15) is 0 Å². The number of fused-ring (bicyclic) bond motifs is 1. The number of hydrogen-bond acceptors (Lipinski definition) is 4. The summed E-state index contributed by atoms with van der Waals surface area (Å²) in [7, 11) is 0. The lowest BCUT2D eigenvalue weighted by atomic mass is 10.1. The highest BCUT2D eigenvalue weighted by molar-refractivity contribution is 6.06. The summed E-state index contributed by atoms with van der Waals surface area (Å²) in [6.45, 7) is 5.29. The highest BCUT2D eigenvalue weighted by Gasteiger charge is 2.10. The molecule has 5 nitrogen and oxygen atoms in total. The molecule has 0 saturated heterocycles. The number of amides is 1. The van der Waals surface area contributed by atoms with E-state index in [0.717, 1.165) is 16.9 Å². The van der Waals surface area contributed by atoms with E-state index in [2.05, 4.69) is 15.3 Å². The summed E-state index contributed by atoms with van der Waals surface area (Å²) in [5.41, 5.74) is 4.79. The molecular formula is C19H17N3O2. The van der Waals surface area contributed by atoms with E-state index in [-0.39, 0.29) is 11.7 Å². The highest BCUT2D eigenvalue weighted by atomic mass is 16.1. The lowest BCUT2D eigenvalue weighted by molar-refractivity contribution is 0.101. The number of carbonyl (C=O) groups is 2. The van der Waals surface area contributed by atoms with Crippen molar-refractivity contribution in [1.29, 1.82) is 0 Å². The van der Waals surface area contributed by atoms with E-state index < -0.39 is 0 Å². The number of hydrogen-bond donors (Lipinski definition) is 1. The second kappa shape index (κ2) is 6.20. The Kier molecular flexibility index (Phi) is 4.08. The van der Waals surface area contributed by atoms with Crippen LogP contribution in [-0.2, 0) is 0 Å². The summed E-state index contributed by atoms with van der Waals surface area (Å²) in [4.78, 5) is 32.8. The van der Waals surface area contributed by atoms with Crippen molar-refractivity contribution in [2.45, 2.75) is 20.8 Å². The van der Waals surface area contributed by atoms with Crippen molar-refractivity contribution in [3.8, 4) is 0 Å². The molecule has 1 heterocycles. The van der Waals surface area contributed by atoms with Crippen LogP contribution in [0.2, 0.25) is 0 Å². The number of ketones is 1. The molecular weight excluding hydrogens is 302 g/mol. The molecule has 24 heavy (non-hydrogen) atoms. The maximum Gasteiger partial charge on any atom is 0.255 e. The van der Waals surface area contributed by atoms with E-state index in [1.807, 2.05) is 13.8 Å². The molecule has 3 aromatic rings. The summed E-state index contributed by atoms with van der Waals surface area (Å²) < 4.78 is 0. The molecule has 0 unspecified atom stereocenters. The Morgan fingerprint density at radius 1 is 0.875 bits per heavy atom. The van der Waals surface area contributed by atoms with Crippen molar-refractivity contribution in [1.82, 2.24) is 9.97 Å². The Labute approximate surface area is 139 Å². The summed E-state index contributed by atoms with van der Waals surface area (Å²) in [5.74, 6) is -0.296. The van der Waals surface area contributed by atoms with Gasteiger partial charge in [0.2, 0.25) is 0 Å². The molecule has 0 radical (unpaired) electrons. The maximum absolute atomic E-state index is 12.4. The van der Waals surface area contributed by atoms with Crippen LogP contribution in [0.1, 0.15) is 39.0 Å². The second-order valence-corrected chi connectivity index (χ2v) is 5.69. The Balaban J connectivity index is 1.90. The van der Waals surface area contributed by atoms with Gasteiger partial charge in [0.05, 0.1) is 22.4 Å². The Morgan fingerprint density at radius 3 is 2.29 bits per heavy atom. The summed E-state index contributed by atoms with van der Waals surface area (Å²) in [6, 6.07) is 12.1. The van der Waals surface area contributed by atoms with Crippen LogP contribution in [0.3, 0.4) is 0 Å². The lowest BCUT2D eigenvalue weighted by Gasteiger charge is -2.08. The monoisotopic (exact) mass is 319 g/mol. The van der Waals surface area contributed by atoms with Crippen LogP contribution in [0.25, 0.3) is 11.0 Å². The normalized spacial score (nSPS) is 10.6. The van der Waals surface area contributed by atoms with Crippen molar-refractivity contribution in [3.63, 3.8) is 0 Å². The topological polar surface area (TPSA) is 72.0 Å². The number of rotatable bonds is 3. The molecule has 3 rings (SSSR count). The number of anilines is 1. The Bertz CT molecular complexity index is 964. The van der Waals surface area contributed by atoms with E-state index in [0.29, 0.717) is 22.3 Å². The first-order chi connectivity index (χ1) is 11.4. The first-order valence-corrected chi connectivity index (χ1v) is 7.61. The molecule has 0 aliphatic rings. The Morgan fingerprint density at radius 2 is 1.58 bits per heavy atom. The van der Waals surface area contributed by atoms with E-state index >= 15 is 0 Å². The van der Waals surface area contributed by atoms with Gasteiger partial charge in [-0.15, -0.1) is 0 Å². The number of nitrogens with zero attached hydrogens (tertiary/aromatic N) is 2. The molecule has 0 fully saturated rings. The van der Waals surface area contributed by atoms with Gasteiger partial charge in [-0.1, -0.05) is 12.1 Å². The number of benzene rings is 2. The van der Waals surface area contributed by atoms with Crippen LogP contribution in [0.15, 0.2) is 42.5 Å². The molecule has 5 heteroatoms. The van der Waals surface area contributed by atoms with Crippen LogP contribution in [0.4, 0.5) is 5.69 Å². The predicted molar refractivity (Wildman–Crippen MR) is 93.4 cm³/mol. The third-order valence-electron chi connectivity index (χ3n) is 3.86. The minimum Gasteiger partial charge on any atom is -0.322 e. The smallest absolute Gasteiger partial charge is 0.255 e. The molecule has 1 amide bonds. The van der Waals surface area contributed by atoms with Gasteiger partial charge in [0, 0.05) is 16.8 Å². The molecule has 120 valence electrons. The Hall–Kier alpha value is -3.08. The van der Waals surface area contributed by atoms with E-state index in [9.17, 15) is 9.59 Å². The van der Waals surface area contributed by atoms with Crippen molar-refractivity contribution in [3.05, 3.63) is 65.0 Å². The number of carbonyl (C=O) groups excluding carboxylic acids is 2. The van der Waals surface area contributed by atoms with Crippen molar-refractivity contribution >= 4 is 28.4 Å². The minimum absolute atomic E-state index is 0.0436. The molecule has 1 N–H and O–H groups in total. The van der Waals surface area contributed by atoms with E-state index in [1.54, 1.807) is 42.5 Å². The van der Waals surface area contributed by atoms with Gasteiger partial charge in [0.1, 0.15) is 0 Å². The van der Waals surface area contributed by atoms with Gasteiger partial charge in [0.25, 0.3) is 5.91 Å². The zero-order valence-electron chi connectivity index (χ0n) is 13.8. The first-order valence-electron chi connectivity index (χ1n) is 7.61. The van der Waals surface area contributed by atoms with Crippen LogP contribution >= 0.6 is 0 Å². The summed E-state index contributed by atoms with van der Waals surface area (Å²) in [5, 5.41) is 2.80. The molecule has 1 aromatic heterocycles. The average molecular weight is 319 g/mol. The van der Waals surface area contributed by atoms with Gasteiger partial charge < -0.3 is 5.32 Å². The summed E-state index contributed by atoms with van der Waals surface area (Å²) >= 11 is 0. The van der Waals surface area contributed by atoms with Crippen molar-refractivity contribution < 1.29 is 9.59 Å². The maximum atomic E-state index is 12.4. The zero-order valence-corrected chi connectivity index (χ0v) is 13.8. The van der Waals surface area contributed by atoms with E-state index in [1.165, 1.54) is 6.92 Å². The molecule has 0 atom stereocenters. The van der Waals surface area contributed by atoms with Gasteiger partial charge in [-0.25, -0.2) is 9.97 Å². The van der Waals surface area contributed by atoms with Crippen LogP contribution in [0, 0.1) is 13.8 Å². The number of nitrogens with one attached hydrogen (secondary N) is 1. The molecule has 0 aliphatic carbocycles. The van der Waals surface area contributed by atoms with Gasteiger partial charge in [-0.3, -0.25) is 9.59 Å². The average Bonchev–Trinajstić information content (AvgIpc) is 2.55. The van der Waals surface area contributed by atoms with Crippen LogP contribution in [0.5, 0.6) is 0 Å². The van der Waals surface area contributed by atoms with Gasteiger partial charge >= 0.3 is 0 Å². The number of aryl methyl sites for hydroxylation is 2. The quantitative estimate of drug-likeness (QED) is 0.747. The number of aromatic nitrogens is 2. The van der Waals surface area contributed by atoms with Crippen molar-refractivity contribution in [2.75, 3.05) is 5.32 Å². The minimum atomic E-state index is -0.252. The lowest BCUT2D eigenvalue weighted by Crippen LogP contribution is -2.12. The van der Waals surface area contributed by atoms with Gasteiger partial charge in [-0.05, 0) is 51.1 Å². The first kappa shape index (κ1) is 15.8. The fraction of sp³-hybridized carbons (Fsp3) is 0.158. The van der Waals surface area contributed by atoms with Crippen LogP contribution in [-0.4, -0.2) is 21.7 Å². The standard InChI is InChI=1S/C19H17N3O2/c1-11-12(2)21-18-10-15(7-8-17(18)20-11)19(24)22-16-6-4-5-14(9-16)13(3)23/h4-10H,1-3H3,(H,22,24). The zero-order chi connectivity index (χ0) is 17.3. The fourth-order valence-electron chi connectivity index (χ4n) is 2.39. The van der Waals surface area contributed by atoms with Crippen LogP contribution < -0.4 is 5.32 Å².